The van der Waals surface area contributed by atoms with E-state index in [0.717, 1.165) is 12.1 Å². The number of likely N-dealkylation sites (tertiary alicyclic amines) is 1. The average Bonchev–Trinajstić information content (AvgIpc) is 2.43. The summed E-state index contributed by atoms with van der Waals surface area (Å²) in [6, 6.07) is 3.78. The highest BCUT2D eigenvalue weighted by molar-refractivity contribution is 5.93. The Bertz CT molecular complexity index is 504. The Morgan fingerprint density at radius 2 is 2.35 bits per heavy atom. The monoisotopic (exact) mass is 276 g/mol. The normalized spacial score (nSPS) is 18.8. The molecule has 1 unspecified atom stereocenters. The van der Waals surface area contributed by atoms with Crippen molar-refractivity contribution in [3.05, 3.63) is 24.0 Å². The molecule has 0 bridgehead atoms. The number of nitrogens with one attached hydrogen (secondary N) is 2. The summed E-state index contributed by atoms with van der Waals surface area (Å²) in [6.45, 7) is 3.13. The fourth-order valence-electron chi connectivity index (χ4n) is 2.26. The third-order valence-electron chi connectivity index (χ3n) is 3.33. The second-order valence-electron chi connectivity index (χ2n) is 4.94. The Kier molecular flexibility index (Phi) is 4.55. The number of anilines is 1. The molecular formula is C14H20N4O2. The molecule has 108 valence electrons. The third kappa shape index (κ3) is 3.46. The van der Waals surface area contributed by atoms with Crippen molar-refractivity contribution in [1.82, 2.24) is 15.2 Å². The van der Waals surface area contributed by atoms with Crippen LogP contribution < -0.4 is 10.6 Å². The zero-order chi connectivity index (χ0) is 14.5. The minimum absolute atomic E-state index is 0.174. The maximum atomic E-state index is 11.7. The predicted molar refractivity (Wildman–Crippen MR) is 76.5 cm³/mol. The van der Waals surface area contributed by atoms with E-state index in [1.807, 2.05) is 20.0 Å². The fourth-order valence-corrected chi connectivity index (χ4v) is 2.26. The molecule has 6 nitrogen and oxygen atoms in total. The molecule has 1 aromatic rings. The summed E-state index contributed by atoms with van der Waals surface area (Å²) >= 11 is 0. The van der Waals surface area contributed by atoms with Crippen LogP contribution in [0.2, 0.25) is 0 Å². The zero-order valence-electron chi connectivity index (χ0n) is 11.8. The van der Waals surface area contributed by atoms with Gasteiger partial charge in [0.2, 0.25) is 5.91 Å². The number of rotatable bonds is 4. The number of amides is 2. The lowest BCUT2D eigenvalue weighted by Gasteiger charge is -2.30. The molecule has 0 radical (unpaired) electrons. The standard InChI is InChI=1S/C14H20N4O2/c1-3-15-14(20)12-8-10(6-7-16-12)17-11-4-5-13(19)18(2)9-11/h6-8,11H,3-5,9H2,1-2H3,(H,15,20)(H,16,17). The van der Waals surface area contributed by atoms with Crippen LogP contribution >= 0.6 is 0 Å². The quantitative estimate of drug-likeness (QED) is 0.855. The highest BCUT2D eigenvalue weighted by Crippen LogP contribution is 2.16. The Morgan fingerprint density at radius 1 is 1.55 bits per heavy atom. The Hall–Kier alpha value is -2.11. The summed E-state index contributed by atoms with van der Waals surface area (Å²) in [7, 11) is 1.81. The molecule has 1 aliphatic heterocycles. The van der Waals surface area contributed by atoms with Crippen LogP contribution in [0.25, 0.3) is 0 Å². The minimum atomic E-state index is -0.174. The van der Waals surface area contributed by atoms with Crippen LogP contribution in [0.3, 0.4) is 0 Å². The molecule has 2 heterocycles. The van der Waals surface area contributed by atoms with E-state index < -0.39 is 0 Å². The summed E-state index contributed by atoms with van der Waals surface area (Å²) in [4.78, 5) is 29.0. The van der Waals surface area contributed by atoms with E-state index in [0.29, 0.717) is 25.2 Å². The van der Waals surface area contributed by atoms with Crippen LogP contribution in [-0.4, -0.2) is 47.9 Å². The van der Waals surface area contributed by atoms with Crippen LogP contribution in [0.15, 0.2) is 18.3 Å². The first-order chi connectivity index (χ1) is 9.60. The predicted octanol–water partition coefficient (Wildman–Crippen LogP) is 0.864. The first-order valence-electron chi connectivity index (χ1n) is 6.85. The first kappa shape index (κ1) is 14.3. The van der Waals surface area contributed by atoms with Gasteiger partial charge >= 0.3 is 0 Å². The molecule has 0 aromatic carbocycles. The number of carbonyl (C=O) groups is 2. The summed E-state index contributed by atoms with van der Waals surface area (Å²) in [6.07, 6.45) is 2.98. The molecule has 2 rings (SSSR count). The fraction of sp³-hybridized carbons (Fsp3) is 0.500. The summed E-state index contributed by atoms with van der Waals surface area (Å²) in [5.74, 6) is 0.00730. The van der Waals surface area contributed by atoms with E-state index in [-0.39, 0.29) is 17.9 Å². The summed E-state index contributed by atoms with van der Waals surface area (Å²) in [5, 5.41) is 6.08. The van der Waals surface area contributed by atoms with E-state index in [9.17, 15) is 9.59 Å². The van der Waals surface area contributed by atoms with Crippen molar-refractivity contribution in [3.63, 3.8) is 0 Å². The van der Waals surface area contributed by atoms with Gasteiger partial charge in [0, 0.05) is 44.5 Å². The van der Waals surface area contributed by atoms with E-state index in [1.165, 1.54) is 0 Å². The van der Waals surface area contributed by atoms with E-state index in [1.54, 1.807) is 17.2 Å². The van der Waals surface area contributed by atoms with Crippen LogP contribution in [0.4, 0.5) is 5.69 Å². The largest absolute Gasteiger partial charge is 0.380 e. The molecule has 20 heavy (non-hydrogen) atoms. The lowest BCUT2D eigenvalue weighted by molar-refractivity contribution is -0.132. The van der Waals surface area contributed by atoms with Gasteiger partial charge in [0.25, 0.3) is 5.91 Å². The molecule has 0 spiro atoms. The summed E-state index contributed by atoms with van der Waals surface area (Å²) < 4.78 is 0. The van der Waals surface area contributed by atoms with Crippen LogP contribution in [-0.2, 0) is 4.79 Å². The smallest absolute Gasteiger partial charge is 0.269 e. The SMILES string of the molecule is CCNC(=O)c1cc(NC2CCC(=O)N(C)C2)ccn1. The van der Waals surface area contributed by atoms with Gasteiger partial charge in [-0.25, -0.2) is 0 Å². The number of carbonyl (C=O) groups excluding carboxylic acids is 2. The van der Waals surface area contributed by atoms with Crippen LogP contribution in [0.1, 0.15) is 30.3 Å². The summed E-state index contributed by atoms with van der Waals surface area (Å²) in [5.41, 5.74) is 1.26. The van der Waals surface area contributed by atoms with Crippen molar-refractivity contribution in [1.29, 1.82) is 0 Å². The first-order valence-corrected chi connectivity index (χ1v) is 6.85. The van der Waals surface area contributed by atoms with Gasteiger partial charge in [-0.3, -0.25) is 14.6 Å². The minimum Gasteiger partial charge on any atom is -0.380 e. The van der Waals surface area contributed by atoms with Crippen LogP contribution in [0, 0.1) is 0 Å². The second-order valence-corrected chi connectivity index (χ2v) is 4.94. The molecule has 1 atom stereocenters. The van der Waals surface area contributed by atoms with E-state index in [4.69, 9.17) is 0 Å². The van der Waals surface area contributed by atoms with Crippen molar-refractivity contribution < 1.29 is 9.59 Å². The van der Waals surface area contributed by atoms with Crippen molar-refractivity contribution in [2.75, 3.05) is 25.5 Å². The van der Waals surface area contributed by atoms with E-state index in [2.05, 4.69) is 15.6 Å². The van der Waals surface area contributed by atoms with Gasteiger partial charge in [-0.1, -0.05) is 0 Å². The highest BCUT2D eigenvalue weighted by Gasteiger charge is 2.22. The Labute approximate surface area is 118 Å². The molecule has 0 aliphatic carbocycles. The van der Waals surface area contributed by atoms with Gasteiger partial charge in [-0.05, 0) is 25.5 Å². The maximum Gasteiger partial charge on any atom is 0.269 e. The molecule has 1 saturated heterocycles. The number of nitrogens with zero attached hydrogens (tertiary/aromatic N) is 2. The van der Waals surface area contributed by atoms with Gasteiger partial charge < -0.3 is 15.5 Å². The number of likely N-dealkylation sites (N-methyl/N-ethyl adjacent to an activating group) is 1. The van der Waals surface area contributed by atoms with Crippen molar-refractivity contribution in [3.8, 4) is 0 Å². The van der Waals surface area contributed by atoms with Crippen molar-refractivity contribution in [2.24, 2.45) is 0 Å². The van der Waals surface area contributed by atoms with Gasteiger partial charge in [0.05, 0.1) is 0 Å². The third-order valence-corrected chi connectivity index (χ3v) is 3.33. The topological polar surface area (TPSA) is 74.3 Å². The van der Waals surface area contributed by atoms with Gasteiger partial charge in [0.1, 0.15) is 5.69 Å². The lowest BCUT2D eigenvalue weighted by atomic mass is 10.1. The number of pyridine rings is 1. The number of hydrogen-bond acceptors (Lipinski definition) is 4. The van der Waals surface area contributed by atoms with Crippen molar-refractivity contribution >= 4 is 17.5 Å². The second kappa shape index (κ2) is 6.36. The van der Waals surface area contributed by atoms with Crippen LogP contribution in [0.5, 0.6) is 0 Å². The number of hydrogen-bond donors (Lipinski definition) is 2. The highest BCUT2D eigenvalue weighted by atomic mass is 16.2. The van der Waals surface area contributed by atoms with Gasteiger partial charge in [-0.2, -0.15) is 0 Å². The average molecular weight is 276 g/mol. The molecule has 1 aromatic heterocycles. The van der Waals surface area contributed by atoms with Gasteiger partial charge in [-0.15, -0.1) is 0 Å². The molecular weight excluding hydrogens is 256 g/mol. The molecule has 2 amide bonds. The Balaban J connectivity index is 2.01. The maximum absolute atomic E-state index is 11.7. The molecule has 1 aliphatic rings. The Morgan fingerprint density at radius 3 is 3.05 bits per heavy atom. The molecule has 2 N–H and O–H groups in total. The lowest BCUT2D eigenvalue weighted by Crippen LogP contribution is -2.43. The van der Waals surface area contributed by atoms with Gasteiger partial charge in [0.15, 0.2) is 0 Å². The number of aromatic nitrogens is 1. The molecule has 6 heteroatoms. The number of piperidine rings is 1. The van der Waals surface area contributed by atoms with E-state index >= 15 is 0 Å². The van der Waals surface area contributed by atoms with Crippen molar-refractivity contribution in [2.45, 2.75) is 25.8 Å². The molecule has 1 fully saturated rings. The zero-order valence-corrected chi connectivity index (χ0v) is 11.8. The molecule has 0 saturated carbocycles.